The lowest BCUT2D eigenvalue weighted by atomic mass is 10.0. The van der Waals surface area contributed by atoms with Crippen molar-refractivity contribution in [1.82, 2.24) is 20.2 Å². The van der Waals surface area contributed by atoms with Gasteiger partial charge in [-0.2, -0.15) is 0 Å². The molecule has 30 heavy (non-hydrogen) atoms. The first-order valence-electron chi connectivity index (χ1n) is 10.6. The highest BCUT2D eigenvalue weighted by Crippen LogP contribution is 2.25. The number of hydrogen-bond acceptors (Lipinski definition) is 4. The third-order valence-electron chi connectivity index (χ3n) is 6.21. The van der Waals surface area contributed by atoms with Crippen LogP contribution in [0.4, 0.5) is 10.1 Å². The van der Waals surface area contributed by atoms with Crippen molar-refractivity contribution in [3.63, 3.8) is 0 Å². The Morgan fingerprint density at radius 1 is 1.00 bits per heavy atom. The van der Waals surface area contributed by atoms with Gasteiger partial charge in [-0.3, -0.25) is 0 Å². The Bertz CT molecular complexity index is 1010. The summed E-state index contributed by atoms with van der Waals surface area (Å²) >= 11 is 0. The fourth-order valence-corrected chi connectivity index (χ4v) is 4.41. The first kappa shape index (κ1) is 20.5. The molecule has 0 saturated carbocycles. The Morgan fingerprint density at radius 3 is 2.43 bits per heavy atom. The van der Waals surface area contributed by atoms with Gasteiger partial charge < -0.3 is 9.80 Å². The van der Waals surface area contributed by atoms with Crippen LogP contribution in [0.5, 0.6) is 0 Å². The predicted molar refractivity (Wildman–Crippen MR) is 115 cm³/mol. The average Bonchev–Trinajstić information content (AvgIpc) is 3.22. The second kappa shape index (κ2) is 8.52. The molecule has 0 radical (unpaired) electrons. The molecule has 0 bridgehead atoms. The monoisotopic (exact) mass is 409 g/mol. The van der Waals surface area contributed by atoms with Crippen LogP contribution < -0.4 is 9.80 Å². The molecule has 1 aliphatic heterocycles. The van der Waals surface area contributed by atoms with Crippen molar-refractivity contribution >= 4 is 5.69 Å². The standard InChI is InChI=1S/C23H29FN6/c1-16(2)30-23(25-26-27-30)22(19-9-5-6-10-20(19)24)29-14-12-28(13-15-29)21-11-7-8-17(3)18(21)4/h5-11,16,22H,12-15H2,1-4H3/p+1/t22-/m1/s1. The lowest BCUT2D eigenvalue weighted by Gasteiger charge is -2.38. The van der Waals surface area contributed by atoms with E-state index in [2.05, 4.69) is 52.5 Å². The van der Waals surface area contributed by atoms with Gasteiger partial charge in [0.15, 0.2) is 6.04 Å². The second-order valence-corrected chi connectivity index (χ2v) is 8.39. The minimum absolute atomic E-state index is 0.111. The zero-order valence-electron chi connectivity index (χ0n) is 18.1. The van der Waals surface area contributed by atoms with Gasteiger partial charge in [0.2, 0.25) is 5.82 Å². The van der Waals surface area contributed by atoms with Crippen molar-refractivity contribution in [3.05, 3.63) is 70.8 Å². The number of piperazine rings is 1. The van der Waals surface area contributed by atoms with Gasteiger partial charge in [-0.05, 0) is 67.4 Å². The molecular weight excluding hydrogens is 379 g/mol. The van der Waals surface area contributed by atoms with Crippen molar-refractivity contribution in [1.29, 1.82) is 0 Å². The number of aromatic nitrogens is 4. The number of benzene rings is 2. The summed E-state index contributed by atoms with van der Waals surface area (Å²) in [5.74, 6) is 0.524. The van der Waals surface area contributed by atoms with Crippen molar-refractivity contribution in [2.24, 2.45) is 0 Å². The summed E-state index contributed by atoms with van der Waals surface area (Å²) < 4.78 is 16.7. The molecule has 0 spiro atoms. The van der Waals surface area contributed by atoms with E-state index in [1.165, 1.54) is 27.8 Å². The minimum Gasteiger partial charge on any atom is -0.360 e. The summed E-state index contributed by atoms with van der Waals surface area (Å²) in [6.07, 6.45) is 0. The van der Waals surface area contributed by atoms with Gasteiger partial charge in [0.05, 0.1) is 37.8 Å². The normalized spacial score (nSPS) is 16.3. The molecule has 1 N–H and O–H groups in total. The van der Waals surface area contributed by atoms with E-state index < -0.39 is 0 Å². The molecule has 2 heterocycles. The zero-order valence-corrected chi connectivity index (χ0v) is 18.1. The largest absolute Gasteiger partial charge is 0.360 e. The van der Waals surface area contributed by atoms with Crippen LogP contribution in [-0.4, -0.2) is 46.4 Å². The number of nitrogens with one attached hydrogen (secondary N) is 1. The molecule has 158 valence electrons. The molecule has 1 fully saturated rings. The van der Waals surface area contributed by atoms with Crippen LogP contribution in [0.25, 0.3) is 0 Å². The van der Waals surface area contributed by atoms with Gasteiger partial charge in [0.25, 0.3) is 0 Å². The van der Waals surface area contributed by atoms with Crippen molar-refractivity contribution in [3.8, 4) is 0 Å². The second-order valence-electron chi connectivity index (χ2n) is 8.39. The van der Waals surface area contributed by atoms with E-state index in [9.17, 15) is 4.39 Å². The van der Waals surface area contributed by atoms with Crippen LogP contribution in [0, 0.1) is 19.7 Å². The molecule has 2 aromatic carbocycles. The molecular formula is C23H30FN6+. The van der Waals surface area contributed by atoms with Gasteiger partial charge in [0, 0.05) is 5.69 Å². The fraction of sp³-hybridized carbons (Fsp3) is 0.435. The van der Waals surface area contributed by atoms with Crippen LogP contribution in [0.1, 0.15) is 48.4 Å². The van der Waals surface area contributed by atoms with E-state index in [-0.39, 0.29) is 17.9 Å². The predicted octanol–water partition coefficient (Wildman–Crippen LogP) is 2.50. The van der Waals surface area contributed by atoms with Gasteiger partial charge in [-0.25, -0.2) is 9.07 Å². The SMILES string of the molecule is Cc1cccc(N2CC[NH+]([C@H](c3ccccc3F)c3nnnn3C(C)C)CC2)c1C. The smallest absolute Gasteiger partial charge is 0.214 e. The first-order valence-corrected chi connectivity index (χ1v) is 10.6. The number of anilines is 1. The van der Waals surface area contributed by atoms with E-state index in [1.807, 2.05) is 30.7 Å². The molecule has 3 aromatic rings. The van der Waals surface area contributed by atoms with E-state index in [1.54, 1.807) is 6.07 Å². The van der Waals surface area contributed by atoms with Gasteiger partial charge in [0.1, 0.15) is 5.82 Å². The Balaban J connectivity index is 1.64. The number of nitrogens with zero attached hydrogens (tertiary/aromatic N) is 5. The number of hydrogen-bond donors (Lipinski definition) is 1. The number of halogens is 1. The molecule has 7 heteroatoms. The summed E-state index contributed by atoms with van der Waals surface area (Å²) in [6, 6.07) is 13.4. The van der Waals surface area contributed by atoms with Crippen LogP contribution in [-0.2, 0) is 0 Å². The highest BCUT2D eigenvalue weighted by molar-refractivity contribution is 5.56. The summed E-state index contributed by atoms with van der Waals surface area (Å²) in [5, 5.41) is 12.4. The molecule has 1 atom stereocenters. The van der Waals surface area contributed by atoms with Crippen molar-refractivity contribution < 1.29 is 9.29 Å². The summed E-state index contributed by atoms with van der Waals surface area (Å²) in [4.78, 5) is 3.73. The molecule has 0 aliphatic carbocycles. The maximum Gasteiger partial charge on any atom is 0.214 e. The van der Waals surface area contributed by atoms with Crippen LogP contribution in [0.2, 0.25) is 0 Å². The molecule has 1 saturated heterocycles. The maximum atomic E-state index is 14.9. The molecule has 1 aliphatic rings. The number of tetrazole rings is 1. The summed E-state index contributed by atoms with van der Waals surface area (Å²) in [5.41, 5.74) is 4.59. The molecule has 6 nitrogen and oxygen atoms in total. The highest BCUT2D eigenvalue weighted by atomic mass is 19.1. The summed E-state index contributed by atoms with van der Waals surface area (Å²) in [6.45, 7) is 12.0. The third kappa shape index (κ3) is 3.81. The Labute approximate surface area is 177 Å². The number of quaternary nitrogens is 1. The average molecular weight is 410 g/mol. The van der Waals surface area contributed by atoms with Crippen LogP contribution >= 0.6 is 0 Å². The molecule has 1 aromatic heterocycles. The van der Waals surface area contributed by atoms with E-state index in [4.69, 9.17) is 0 Å². The van der Waals surface area contributed by atoms with Crippen LogP contribution in [0.3, 0.4) is 0 Å². The summed E-state index contributed by atoms with van der Waals surface area (Å²) in [7, 11) is 0. The van der Waals surface area contributed by atoms with E-state index >= 15 is 0 Å². The zero-order chi connectivity index (χ0) is 21.3. The maximum absolute atomic E-state index is 14.9. The van der Waals surface area contributed by atoms with Gasteiger partial charge in [-0.1, -0.05) is 24.3 Å². The lowest BCUT2D eigenvalue weighted by molar-refractivity contribution is -0.927. The van der Waals surface area contributed by atoms with Crippen molar-refractivity contribution in [2.45, 2.75) is 39.8 Å². The van der Waals surface area contributed by atoms with Gasteiger partial charge in [-0.15, -0.1) is 5.10 Å². The van der Waals surface area contributed by atoms with Crippen molar-refractivity contribution in [2.75, 3.05) is 31.1 Å². The number of aryl methyl sites for hydroxylation is 1. The van der Waals surface area contributed by atoms with Crippen LogP contribution in [0.15, 0.2) is 42.5 Å². The highest BCUT2D eigenvalue weighted by Gasteiger charge is 2.36. The third-order valence-corrected chi connectivity index (χ3v) is 6.21. The molecule has 0 unspecified atom stereocenters. The Hall–Kier alpha value is -2.80. The first-order chi connectivity index (χ1) is 14.5. The molecule has 4 rings (SSSR count). The Morgan fingerprint density at radius 2 is 1.73 bits per heavy atom. The minimum atomic E-state index is -0.232. The lowest BCUT2D eigenvalue weighted by Crippen LogP contribution is -3.15. The van der Waals surface area contributed by atoms with Gasteiger partial charge >= 0.3 is 0 Å². The Kier molecular flexibility index (Phi) is 5.81. The number of rotatable bonds is 5. The molecule has 0 amide bonds. The van der Waals surface area contributed by atoms with E-state index in [0.717, 1.165) is 32.0 Å². The van der Waals surface area contributed by atoms with E-state index in [0.29, 0.717) is 5.56 Å². The fourth-order valence-electron chi connectivity index (χ4n) is 4.41. The quantitative estimate of drug-likeness (QED) is 0.704. The topological polar surface area (TPSA) is 51.3 Å².